The Kier molecular flexibility index (Phi) is 3.87. The van der Waals surface area contributed by atoms with Gasteiger partial charge in [-0.15, -0.1) is 11.8 Å². The zero-order valence-electron chi connectivity index (χ0n) is 10.7. The Bertz CT molecular complexity index is 357. The SMILES string of the molecule is CC(C)C(N)C(=O)N1C(C(=O)O)CSC1C1CC1. The Morgan fingerprint density at radius 2 is 2.00 bits per heavy atom. The fraction of sp³-hybridized carbons (Fsp3) is 0.833. The minimum Gasteiger partial charge on any atom is -0.480 e. The summed E-state index contributed by atoms with van der Waals surface area (Å²) in [5.41, 5.74) is 5.89. The maximum atomic E-state index is 12.4. The van der Waals surface area contributed by atoms with Gasteiger partial charge in [0.2, 0.25) is 5.91 Å². The van der Waals surface area contributed by atoms with Crippen molar-refractivity contribution in [3.63, 3.8) is 0 Å². The van der Waals surface area contributed by atoms with E-state index in [9.17, 15) is 14.7 Å². The monoisotopic (exact) mass is 272 g/mol. The fourth-order valence-corrected chi connectivity index (χ4v) is 3.84. The predicted molar refractivity (Wildman–Crippen MR) is 70.1 cm³/mol. The number of thioether (sulfide) groups is 1. The summed E-state index contributed by atoms with van der Waals surface area (Å²) >= 11 is 1.58. The van der Waals surface area contributed by atoms with Crippen molar-refractivity contribution in [2.45, 2.75) is 44.1 Å². The molecule has 3 atom stereocenters. The normalized spacial score (nSPS) is 29.7. The van der Waals surface area contributed by atoms with Crippen LogP contribution in [-0.2, 0) is 9.59 Å². The number of amides is 1. The van der Waals surface area contributed by atoms with E-state index in [0.717, 1.165) is 12.8 Å². The van der Waals surface area contributed by atoms with E-state index >= 15 is 0 Å². The zero-order valence-corrected chi connectivity index (χ0v) is 11.5. The molecule has 1 saturated carbocycles. The average Bonchev–Trinajstić information content (AvgIpc) is 3.05. The number of hydrogen-bond donors (Lipinski definition) is 2. The molecular formula is C12H20N2O3S. The molecule has 2 fully saturated rings. The van der Waals surface area contributed by atoms with E-state index in [1.54, 1.807) is 11.8 Å². The number of nitrogens with zero attached hydrogens (tertiary/aromatic N) is 1. The highest BCUT2D eigenvalue weighted by atomic mass is 32.2. The van der Waals surface area contributed by atoms with Crippen LogP contribution < -0.4 is 5.73 Å². The van der Waals surface area contributed by atoms with E-state index in [0.29, 0.717) is 11.7 Å². The topological polar surface area (TPSA) is 83.6 Å². The molecule has 0 aromatic carbocycles. The first-order valence-corrected chi connectivity index (χ1v) is 7.40. The number of carboxylic acid groups (broad SMARTS) is 1. The zero-order chi connectivity index (χ0) is 13.4. The molecule has 1 aliphatic heterocycles. The van der Waals surface area contributed by atoms with Crippen molar-refractivity contribution in [2.75, 3.05) is 5.75 Å². The standard InChI is InChI=1S/C12H20N2O3S/c1-6(2)9(13)10(15)14-8(12(16)17)5-18-11(14)7-3-4-7/h6-9,11H,3-5,13H2,1-2H3,(H,16,17). The van der Waals surface area contributed by atoms with Crippen LogP contribution in [0.4, 0.5) is 0 Å². The first-order chi connectivity index (χ1) is 8.43. The lowest BCUT2D eigenvalue weighted by Gasteiger charge is -2.31. The van der Waals surface area contributed by atoms with E-state index < -0.39 is 18.1 Å². The quantitative estimate of drug-likeness (QED) is 0.788. The number of rotatable bonds is 4. The summed E-state index contributed by atoms with van der Waals surface area (Å²) in [4.78, 5) is 25.2. The molecule has 2 rings (SSSR count). The van der Waals surface area contributed by atoms with Crippen LogP contribution in [0.2, 0.25) is 0 Å². The van der Waals surface area contributed by atoms with Crippen molar-refractivity contribution in [3.05, 3.63) is 0 Å². The lowest BCUT2D eigenvalue weighted by atomic mass is 10.0. The van der Waals surface area contributed by atoms with Crippen LogP contribution in [0.5, 0.6) is 0 Å². The van der Waals surface area contributed by atoms with Gasteiger partial charge in [0.05, 0.1) is 11.4 Å². The summed E-state index contributed by atoms with van der Waals surface area (Å²) in [7, 11) is 0. The molecule has 6 heteroatoms. The smallest absolute Gasteiger partial charge is 0.327 e. The number of hydrogen-bond acceptors (Lipinski definition) is 4. The molecule has 3 unspecified atom stereocenters. The van der Waals surface area contributed by atoms with Crippen molar-refractivity contribution in [1.82, 2.24) is 4.90 Å². The van der Waals surface area contributed by atoms with Crippen molar-refractivity contribution in [2.24, 2.45) is 17.6 Å². The van der Waals surface area contributed by atoms with E-state index in [1.807, 2.05) is 13.8 Å². The number of aliphatic carboxylic acids is 1. The van der Waals surface area contributed by atoms with Gasteiger partial charge in [-0.25, -0.2) is 4.79 Å². The highest BCUT2D eigenvalue weighted by Gasteiger charge is 2.49. The van der Waals surface area contributed by atoms with E-state index in [-0.39, 0.29) is 17.2 Å². The molecule has 0 bridgehead atoms. The molecular weight excluding hydrogens is 252 g/mol. The maximum absolute atomic E-state index is 12.4. The summed E-state index contributed by atoms with van der Waals surface area (Å²) < 4.78 is 0. The molecule has 18 heavy (non-hydrogen) atoms. The van der Waals surface area contributed by atoms with Gasteiger partial charge in [0.15, 0.2) is 0 Å². The van der Waals surface area contributed by atoms with Gasteiger partial charge in [0.25, 0.3) is 0 Å². The van der Waals surface area contributed by atoms with Crippen LogP contribution in [-0.4, -0.2) is 45.1 Å². The van der Waals surface area contributed by atoms with Gasteiger partial charge < -0.3 is 15.7 Å². The van der Waals surface area contributed by atoms with Gasteiger partial charge in [-0.1, -0.05) is 13.8 Å². The van der Waals surface area contributed by atoms with Gasteiger partial charge >= 0.3 is 5.97 Å². The van der Waals surface area contributed by atoms with Crippen molar-refractivity contribution in [1.29, 1.82) is 0 Å². The molecule has 0 aromatic rings. The van der Waals surface area contributed by atoms with E-state index in [4.69, 9.17) is 5.73 Å². The van der Waals surface area contributed by atoms with Gasteiger partial charge in [0, 0.05) is 5.75 Å². The third-order valence-corrected chi connectivity index (χ3v) is 5.06. The molecule has 1 saturated heterocycles. The number of carbonyl (C=O) groups is 2. The molecule has 1 aliphatic carbocycles. The summed E-state index contributed by atoms with van der Waals surface area (Å²) in [6.45, 7) is 3.77. The Balaban J connectivity index is 2.17. The number of nitrogens with two attached hydrogens (primary N) is 1. The fourth-order valence-electron chi connectivity index (χ4n) is 2.20. The molecule has 102 valence electrons. The Labute approximate surface area is 111 Å². The largest absolute Gasteiger partial charge is 0.480 e. The van der Waals surface area contributed by atoms with Crippen LogP contribution in [0.3, 0.4) is 0 Å². The second-order valence-corrected chi connectivity index (χ2v) is 6.58. The second-order valence-electron chi connectivity index (χ2n) is 5.43. The Hall–Kier alpha value is -0.750. The van der Waals surface area contributed by atoms with Crippen LogP contribution in [0.1, 0.15) is 26.7 Å². The lowest BCUT2D eigenvalue weighted by Crippen LogP contribution is -2.54. The number of carbonyl (C=O) groups excluding carboxylic acids is 1. The van der Waals surface area contributed by atoms with Gasteiger partial charge in [-0.2, -0.15) is 0 Å². The van der Waals surface area contributed by atoms with E-state index in [2.05, 4.69) is 0 Å². The third-order valence-electron chi connectivity index (χ3n) is 3.60. The van der Waals surface area contributed by atoms with Crippen molar-refractivity contribution in [3.8, 4) is 0 Å². The Morgan fingerprint density at radius 1 is 1.39 bits per heavy atom. The first-order valence-electron chi connectivity index (χ1n) is 6.35. The number of carboxylic acids is 1. The Morgan fingerprint density at radius 3 is 2.44 bits per heavy atom. The molecule has 0 aromatic heterocycles. The molecule has 0 spiro atoms. The summed E-state index contributed by atoms with van der Waals surface area (Å²) in [5.74, 6) is -0.165. The van der Waals surface area contributed by atoms with Crippen molar-refractivity contribution >= 4 is 23.6 Å². The summed E-state index contributed by atoms with van der Waals surface area (Å²) in [6.07, 6.45) is 2.18. The molecule has 1 amide bonds. The minimum atomic E-state index is -0.921. The van der Waals surface area contributed by atoms with Gasteiger partial charge in [-0.3, -0.25) is 4.79 Å². The lowest BCUT2D eigenvalue weighted by molar-refractivity contribution is -0.150. The average molecular weight is 272 g/mol. The van der Waals surface area contributed by atoms with Crippen LogP contribution in [0.25, 0.3) is 0 Å². The van der Waals surface area contributed by atoms with Crippen LogP contribution in [0.15, 0.2) is 0 Å². The second kappa shape index (κ2) is 5.09. The molecule has 0 radical (unpaired) electrons. The molecule has 2 aliphatic rings. The summed E-state index contributed by atoms with van der Waals surface area (Å²) in [6, 6.07) is -1.32. The highest BCUT2D eigenvalue weighted by molar-refractivity contribution is 8.00. The van der Waals surface area contributed by atoms with Gasteiger partial charge in [0.1, 0.15) is 6.04 Å². The first kappa shape index (κ1) is 13.7. The minimum absolute atomic E-state index is 0.0170. The van der Waals surface area contributed by atoms with Gasteiger partial charge in [-0.05, 0) is 24.7 Å². The summed E-state index contributed by atoms with van der Waals surface area (Å²) in [5, 5.41) is 9.24. The maximum Gasteiger partial charge on any atom is 0.327 e. The third kappa shape index (κ3) is 2.49. The molecule has 1 heterocycles. The van der Waals surface area contributed by atoms with Crippen molar-refractivity contribution < 1.29 is 14.7 Å². The van der Waals surface area contributed by atoms with Crippen LogP contribution in [0, 0.1) is 11.8 Å². The molecule has 3 N–H and O–H groups in total. The molecule has 5 nitrogen and oxygen atoms in total. The van der Waals surface area contributed by atoms with Crippen LogP contribution >= 0.6 is 11.8 Å². The predicted octanol–water partition coefficient (Wildman–Crippen LogP) is 0.734. The van der Waals surface area contributed by atoms with E-state index in [1.165, 1.54) is 4.90 Å². The highest BCUT2D eigenvalue weighted by Crippen LogP contribution is 2.45.